The highest BCUT2D eigenvalue weighted by atomic mass is 19.3. The van der Waals surface area contributed by atoms with Crippen LogP contribution in [0.4, 0.5) is 8.78 Å². The molecular weight excluding hydrogens is 534 g/mol. The first kappa shape index (κ1) is 31.7. The highest BCUT2D eigenvalue weighted by molar-refractivity contribution is 5.96. The standard InChI is InChI=1S/C34H46F2N4O2/c1-6-42-29-11-9-27(10-12-29)32-30(8-7-18-38-22-16-34(35,36)17-23-38)31-24-28(15-21-40(31)37-32)33(41)39(19-13-25(2)3)20-14-26(4)5/h7-12,15,21,24-26H,6,13-14,16-20,22-23H2,1-5H3/b8-7+. The van der Waals surface area contributed by atoms with Gasteiger partial charge in [0.1, 0.15) is 11.4 Å². The molecule has 0 saturated carbocycles. The Morgan fingerprint density at radius 1 is 1.05 bits per heavy atom. The number of rotatable bonds is 13. The third-order valence-electron chi connectivity index (χ3n) is 7.83. The molecule has 0 aliphatic carbocycles. The van der Waals surface area contributed by atoms with Gasteiger partial charge in [-0.2, -0.15) is 5.10 Å². The van der Waals surface area contributed by atoms with Gasteiger partial charge in [-0.3, -0.25) is 9.69 Å². The highest BCUT2D eigenvalue weighted by Gasteiger charge is 2.33. The molecule has 3 heterocycles. The van der Waals surface area contributed by atoms with E-state index in [0.717, 1.165) is 54.0 Å². The van der Waals surface area contributed by atoms with E-state index in [-0.39, 0.29) is 18.7 Å². The second kappa shape index (κ2) is 14.3. The average Bonchev–Trinajstić information content (AvgIpc) is 3.31. The first-order valence-electron chi connectivity index (χ1n) is 15.4. The summed E-state index contributed by atoms with van der Waals surface area (Å²) in [6, 6.07) is 11.6. The van der Waals surface area contributed by atoms with Gasteiger partial charge in [-0.15, -0.1) is 0 Å². The van der Waals surface area contributed by atoms with Crippen LogP contribution in [0, 0.1) is 11.8 Å². The number of aromatic nitrogens is 2. The van der Waals surface area contributed by atoms with E-state index in [1.807, 2.05) is 76.0 Å². The minimum absolute atomic E-state index is 0.0341. The molecule has 4 rings (SSSR count). The van der Waals surface area contributed by atoms with Crippen LogP contribution in [0.2, 0.25) is 0 Å². The lowest BCUT2D eigenvalue weighted by Gasteiger charge is -2.30. The monoisotopic (exact) mass is 580 g/mol. The van der Waals surface area contributed by atoms with E-state index in [1.165, 1.54) is 0 Å². The molecule has 1 aliphatic heterocycles. The third kappa shape index (κ3) is 8.40. The lowest BCUT2D eigenvalue weighted by atomic mass is 10.0. The van der Waals surface area contributed by atoms with Gasteiger partial charge in [0.2, 0.25) is 0 Å². The molecule has 1 aliphatic rings. The Balaban J connectivity index is 1.67. The zero-order valence-electron chi connectivity index (χ0n) is 25.8. The van der Waals surface area contributed by atoms with Gasteiger partial charge in [0.25, 0.3) is 11.8 Å². The minimum Gasteiger partial charge on any atom is -0.494 e. The molecule has 3 aromatic rings. The molecule has 2 aromatic heterocycles. The van der Waals surface area contributed by atoms with Crippen molar-refractivity contribution >= 4 is 17.5 Å². The minimum atomic E-state index is -2.56. The number of amides is 1. The zero-order valence-corrected chi connectivity index (χ0v) is 25.8. The van der Waals surface area contributed by atoms with Crippen LogP contribution in [-0.4, -0.2) is 70.6 Å². The van der Waals surface area contributed by atoms with Crippen molar-refractivity contribution in [2.45, 2.75) is 66.2 Å². The van der Waals surface area contributed by atoms with Crippen LogP contribution in [0.15, 0.2) is 48.7 Å². The molecular formula is C34H46F2N4O2. The molecule has 1 aromatic carbocycles. The summed E-state index contributed by atoms with van der Waals surface area (Å²) in [6.45, 7) is 14.0. The van der Waals surface area contributed by atoms with E-state index in [2.05, 4.69) is 27.7 Å². The Morgan fingerprint density at radius 2 is 1.69 bits per heavy atom. The van der Waals surface area contributed by atoms with Crippen molar-refractivity contribution in [2.24, 2.45) is 11.8 Å². The van der Waals surface area contributed by atoms with Gasteiger partial charge in [0.15, 0.2) is 0 Å². The van der Waals surface area contributed by atoms with Gasteiger partial charge >= 0.3 is 0 Å². The quantitative estimate of drug-likeness (QED) is 0.208. The molecule has 1 saturated heterocycles. The van der Waals surface area contributed by atoms with Crippen LogP contribution in [0.1, 0.15) is 76.2 Å². The SMILES string of the molecule is CCOc1ccc(-c2nn3ccc(C(=O)N(CCC(C)C)CCC(C)C)cc3c2/C=C/CN2CCC(F)(F)CC2)cc1. The van der Waals surface area contributed by atoms with Crippen molar-refractivity contribution in [3.8, 4) is 17.0 Å². The summed E-state index contributed by atoms with van der Waals surface area (Å²) in [6.07, 6.45) is 7.59. The highest BCUT2D eigenvalue weighted by Crippen LogP contribution is 2.31. The van der Waals surface area contributed by atoms with E-state index >= 15 is 0 Å². The number of nitrogens with zero attached hydrogens (tertiary/aromatic N) is 4. The van der Waals surface area contributed by atoms with Gasteiger partial charge in [0, 0.05) is 68.5 Å². The molecule has 42 heavy (non-hydrogen) atoms. The first-order chi connectivity index (χ1) is 20.1. The van der Waals surface area contributed by atoms with Gasteiger partial charge in [-0.25, -0.2) is 13.3 Å². The van der Waals surface area contributed by atoms with Crippen molar-refractivity contribution < 1.29 is 18.3 Å². The van der Waals surface area contributed by atoms with Crippen molar-refractivity contribution in [2.75, 3.05) is 39.3 Å². The Bertz CT molecular complexity index is 1330. The average molecular weight is 581 g/mol. The van der Waals surface area contributed by atoms with E-state index in [1.54, 1.807) is 0 Å². The fourth-order valence-corrected chi connectivity index (χ4v) is 5.16. The normalized spacial score (nSPS) is 15.7. The fraction of sp³-hybridized carbons (Fsp3) is 0.529. The van der Waals surface area contributed by atoms with E-state index in [4.69, 9.17) is 9.84 Å². The number of pyridine rings is 1. The Morgan fingerprint density at radius 3 is 2.29 bits per heavy atom. The Labute approximate surface area is 249 Å². The summed E-state index contributed by atoms with van der Waals surface area (Å²) in [4.78, 5) is 17.8. The van der Waals surface area contributed by atoms with Gasteiger partial charge in [-0.05, 0) is 68.0 Å². The summed E-state index contributed by atoms with van der Waals surface area (Å²) >= 11 is 0. The third-order valence-corrected chi connectivity index (χ3v) is 7.83. The van der Waals surface area contributed by atoms with Crippen LogP contribution >= 0.6 is 0 Å². The zero-order chi connectivity index (χ0) is 30.3. The maximum absolute atomic E-state index is 13.8. The summed E-state index contributed by atoms with van der Waals surface area (Å²) in [7, 11) is 0. The predicted molar refractivity (Wildman–Crippen MR) is 166 cm³/mol. The van der Waals surface area contributed by atoms with Gasteiger partial charge < -0.3 is 9.64 Å². The van der Waals surface area contributed by atoms with E-state index in [0.29, 0.717) is 43.6 Å². The lowest BCUT2D eigenvalue weighted by Crippen LogP contribution is -2.39. The molecule has 0 radical (unpaired) electrons. The fourth-order valence-electron chi connectivity index (χ4n) is 5.16. The van der Waals surface area contributed by atoms with Gasteiger partial charge in [0.05, 0.1) is 12.1 Å². The number of hydrogen-bond acceptors (Lipinski definition) is 4. The number of fused-ring (bicyclic) bond motifs is 1. The van der Waals surface area contributed by atoms with E-state index < -0.39 is 5.92 Å². The maximum Gasteiger partial charge on any atom is 0.253 e. The second-order valence-electron chi connectivity index (χ2n) is 12.2. The Hall–Kier alpha value is -3.26. The molecule has 0 spiro atoms. The van der Waals surface area contributed by atoms with Crippen LogP contribution < -0.4 is 4.74 Å². The molecule has 228 valence electrons. The van der Waals surface area contributed by atoms with Gasteiger partial charge in [-0.1, -0.05) is 39.8 Å². The first-order valence-corrected chi connectivity index (χ1v) is 15.4. The van der Waals surface area contributed by atoms with Crippen LogP contribution in [-0.2, 0) is 0 Å². The summed E-state index contributed by atoms with van der Waals surface area (Å²) in [5.74, 6) is -0.719. The topological polar surface area (TPSA) is 50.1 Å². The lowest BCUT2D eigenvalue weighted by molar-refractivity contribution is -0.0530. The summed E-state index contributed by atoms with van der Waals surface area (Å²) in [5, 5.41) is 4.89. The van der Waals surface area contributed by atoms with Crippen molar-refractivity contribution in [1.29, 1.82) is 0 Å². The van der Waals surface area contributed by atoms with Crippen LogP contribution in [0.25, 0.3) is 22.9 Å². The molecule has 1 amide bonds. The number of ether oxygens (including phenoxy) is 1. The number of piperidine rings is 1. The number of carbonyl (C=O) groups is 1. The molecule has 8 heteroatoms. The number of alkyl halides is 2. The number of benzene rings is 1. The largest absolute Gasteiger partial charge is 0.494 e. The molecule has 0 N–H and O–H groups in total. The smallest absolute Gasteiger partial charge is 0.253 e. The predicted octanol–water partition coefficient (Wildman–Crippen LogP) is 7.68. The molecule has 0 atom stereocenters. The van der Waals surface area contributed by atoms with Crippen LogP contribution in [0.5, 0.6) is 5.75 Å². The summed E-state index contributed by atoms with van der Waals surface area (Å²) < 4.78 is 34.8. The molecule has 6 nitrogen and oxygen atoms in total. The number of likely N-dealkylation sites (tertiary alicyclic amines) is 1. The van der Waals surface area contributed by atoms with Crippen molar-refractivity contribution in [3.63, 3.8) is 0 Å². The number of halogens is 2. The van der Waals surface area contributed by atoms with E-state index in [9.17, 15) is 13.6 Å². The molecule has 0 unspecified atom stereocenters. The Kier molecular flexibility index (Phi) is 10.8. The second-order valence-corrected chi connectivity index (χ2v) is 12.2. The molecule has 1 fully saturated rings. The number of hydrogen-bond donors (Lipinski definition) is 0. The van der Waals surface area contributed by atoms with Crippen molar-refractivity contribution in [3.05, 3.63) is 59.8 Å². The maximum atomic E-state index is 13.8. The number of carbonyl (C=O) groups excluding carboxylic acids is 1. The molecule has 0 bridgehead atoms. The summed E-state index contributed by atoms with van der Waals surface area (Å²) in [5.41, 5.74) is 4.09. The van der Waals surface area contributed by atoms with Crippen molar-refractivity contribution in [1.82, 2.24) is 19.4 Å². The van der Waals surface area contributed by atoms with Crippen LogP contribution in [0.3, 0.4) is 0 Å².